The van der Waals surface area contributed by atoms with E-state index >= 15 is 0 Å². The van der Waals surface area contributed by atoms with Crippen LogP contribution in [0.4, 0.5) is 0 Å². The SMILES string of the molecule is CC(C)(C)c1cc(CCC(=O)OCC(O)Cn2c(=O)n(CC(O)COC(=O)CCc3cc(C(C)(C)C)c(O)c(C(C)(C)C)c3)c(=O)n(CC(O)COC(=O)CCc3cc(C(C)(C)C)c(O)c(C(C)(C)C)c3)c2=O)cc(C(C)(C)C)c1O. The number of hydrogen-bond acceptors (Lipinski definition) is 15. The molecule has 450 valence electrons. The lowest BCUT2D eigenvalue weighted by molar-refractivity contribution is -0.147. The Morgan fingerprint density at radius 3 is 0.704 bits per heavy atom. The Morgan fingerprint density at radius 2 is 0.543 bits per heavy atom. The molecule has 3 aromatic carbocycles. The van der Waals surface area contributed by atoms with E-state index in [2.05, 4.69) is 0 Å². The summed E-state index contributed by atoms with van der Waals surface area (Å²) in [5, 5.41) is 66.9. The van der Waals surface area contributed by atoms with Crippen LogP contribution < -0.4 is 17.1 Å². The largest absolute Gasteiger partial charge is 0.507 e. The lowest BCUT2D eigenvalue weighted by Gasteiger charge is -2.28. The second-order valence-corrected chi connectivity index (χ2v) is 27.8. The van der Waals surface area contributed by atoms with E-state index in [0.29, 0.717) is 47.1 Å². The Balaban J connectivity index is 1.55. The number of phenolic OH excluding ortho intramolecular Hbond substituents is 3. The lowest BCUT2D eigenvalue weighted by Crippen LogP contribution is -2.57. The van der Waals surface area contributed by atoms with Gasteiger partial charge in [0, 0.05) is 19.3 Å². The molecule has 1 heterocycles. The summed E-state index contributed by atoms with van der Waals surface area (Å²) in [4.78, 5) is 81.3. The number of aliphatic hydroxyl groups is 3. The van der Waals surface area contributed by atoms with Crippen molar-refractivity contribution < 1.29 is 59.2 Å². The summed E-state index contributed by atoms with van der Waals surface area (Å²) < 4.78 is 17.6. The number of aromatic nitrogens is 3. The molecule has 3 atom stereocenters. The van der Waals surface area contributed by atoms with Gasteiger partial charge >= 0.3 is 35.0 Å². The molecule has 0 bridgehead atoms. The molecule has 4 rings (SSSR count). The summed E-state index contributed by atoms with van der Waals surface area (Å²) in [6.45, 7) is 31.0. The summed E-state index contributed by atoms with van der Waals surface area (Å²) >= 11 is 0. The maximum Gasteiger partial charge on any atom is 0.336 e. The van der Waals surface area contributed by atoms with Crippen LogP contribution in [0.15, 0.2) is 50.8 Å². The molecule has 0 aliphatic rings. The number of carbonyl (C=O) groups excluding carboxylic acids is 3. The van der Waals surface area contributed by atoms with Gasteiger partial charge in [-0.1, -0.05) is 161 Å². The number of benzene rings is 3. The molecule has 6 N–H and O–H groups in total. The molecule has 18 nitrogen and oxygen atoms in total. The van der Waals surface area contributed by atoms with Gasteiger partial charge < -0.3 is 44.8 Å². The first-order chi connectivity index (χ1) is 36.9. The number of rotatable bonds is 21. The number of hydrogen-bond donors (Lipinski definition) is 6. The van der Waals surface area contributed by atoms with Crippen LogP contribution >= 0.6 is 0 Å². The van der Waals surface area contributed by atoms with Gasteiger partial charge in [-0.3, -0.25) is 14.4 Å². The minimum absolute atomic E-state index is 0.118. The van der Waals surface area contributed by atoms with Crippen molar-refractivity contribution in [3.63, 3.8) is 0 Å². The first-order valence-electron chi connectivity index (χ1n) is 28.0. The summed E-state index contributed by atoms with van der Waals surface area (Å²) in [5.41, 5.74) is 0.350. The smallest absolute Gasteiger partial charge is 0.336 e. The Labute approximate surface area is 477 Å². The average molecular weight is 1130 g/mol. The Kier molecular flexibility index (Phi) is 21.5. The van der Waals surface area contributed by atoms with Crippen LogP contribution in [0.5, 0.6) is 17.2 Å². The summed E-state index contributed by atoms with van der Waals surface area (Å²) in [5.74, 6) is -1.56. The lowest BCUT2D eigenvalue weighted by atomic mass is 9.78. The fourth-order valence-corrected chi connectivity index (χ4v) is 9.41. The molecule has 4 aromatic rings. The van der Waals surface area contributed by atoms with Crippen molar-refractivity contribution in [1.29, 1.82) is 0 Å². The van der Waals surface area contributed by atoms with Gasteiger partial charge in [0.1, 0.15) is 55.4 Å². The molecule has 0 fully saturated rings. The first-order valence-corrected chi connectivity index (χ1v) is 28.0. The van der Waals surface area contributed by atoms with Gasteiger partial charge in [0.15, 0.2) is 0 Å². The van der Waals surface area contributed by atoms with E-state index in [-0.39, 0.29) is 55.8 Å². The number of aliphatic hydroxyl groups excluding tert-OH is 3. The number of ether oxygens (including phenoxy) is 3. The van der Waals surface area contributed by atoms with Crippen molar-refractivity contribution in [2.24, 2.45) is 0 Å². The molecule has 0 radical (unpaired) electrons. The predicted molar refractivity (Wildman–Crippen MR) is 312 cm³/mol. The van der Waals surface area contributed by atoms with Gasteiger partial charge in [-0.25, -0.2) is 28.1 Å². The zero-order valence-electron chi connectivity index (χ0n) is 51.4. The topological polar surface area (TPSA) is 266 Å². The molecule has 0 aliphatic carbocycles. The van der Waals surface area contributed by atoms with Gasteiger partial charge in [-0.15, -0.1) is 0 Å². The van der Waals surface area contributed by atoms with E-state index in [0.717, 1.165) is 16.7 Å². The predicted octanol–water partition coefficient (Wildman–Crippen LogP) is 7.68. The van der Waals surface area contributed by atoms with E-state index < -0.39 is 125 Å². The molecule has 0 saturated heterocycles. The van der Waals surface area contributed by atoms with Crippen molar-refractivity contribution in [2.45, 2.75) is 234 Å². The van der Waals surface area contributed by atoms with Crippen LogP contribution in [0.1, 0.15) is 194 Å². The van der Waals surface area contributed by atoms with E-state index in [9.17, 15) is 59.4 Å². The molecule has 81 heavy (non-hydrogen) atoms. The number of nitrogens with zero attached hydrogens (tertiary/aromatic N) is 3. The number of aromatic hydroxyl groups is 3. The summed E-state index contributed by atoms with van der Waals surface area (Å²) in [7, 11) is 0. The van der Waals surface area contributed by atoms with Crippen molar-refractivity contribution in [3.05, 3.63) is 118 Å². The van der Waals surface area contributed by atoms with Crippen LogP contribution in [0, 0.1) is 0 Å². The highest BCUT2D eigenvalue weighted by Gasteiger charge is 2.31. The average Bonchev–Trinajstić information content (AvgIpc) is 3.50. The molecule has 18 heteroatoms. The van der Waals surface area contributed by atoms with Crippen LogP contribution in [0.2, 0.25) is 0 Å². The maximum absolute atomic E-state index is 14.0. The molecule has 0 spiro atoms. The minimum atomic E-state index is -1.68. The minimum Gasteiger partial charge on any atom is -0.507 e. The fraction of sp³-hybridized carbons (Fsp3) is 0.619. The van der Waals surface area contributed by atoms with E-state index in [1.54, 1.807) is 0 Å². The maximum atomic E-state index is 14.0. The molecule has 3 unspecified atom stereocenters. The van der Waals surface area contributed by atoms with Crippen molar-refractivity contribution >= 4 is 17.9 Å². The third kappa shape index (κ3) is 18.4. The molecule has 0 amide bonds. The number of aryl methyl sites for hydroxylation is 3. The van der Waals surface area contributed by atoms with Crippen molar-refractivity contribution in [3.8, 4) is 17.2 Å². The highest BCUT2D eigenvalue weighted by atomic mass is 16.6. The number of carbonyl (C=O) groups is 3. The highest BCUT2D eigenvalue weighted by molar-refractivity contribution is 5.71. The Bertz CT molecular complexity index is 2620. The number of esters is 3. The number of phenols is 3. The summed E-state index contributed by atoms with van der Waals surface area (Å²) in [6, 6.07) is 11.1. The first kappa shape index (κ1) is 67.3. The molecule has 0 saturated carbocycles. The van der Waals surface area contributed by atoms with Crippen LogP contribution in [0.25, 0.3) is 0 Å². The zero-order chi connectivity index (χ0) is 61.7. The van der Waals surface area contributed by atoms with Crippen molar-refractivity contribution in [2.75, 3.05) is 19.8 Å². The molecule has 0 aliphatic heterocycles. The quantitative estimate of drug-likeness (QED) is 0.0345. The molecular weight excluding hydrogens is 1040 g/mol. The van der Waals surface area contributed by atoms with Crippen LogP contribution in [-0.2, 0) is 100.0 Å². The van der Waals surface area contributed by atoms with E-state index in [1.165, 1.54) is 0 Å². The van der Waals surface area contributed by atoms with Crippen LogP contribution in [-0.4, -0.2) is 100 Å². The second kappa shape index (κ2) is 25.9. The van der Waals surface area contributed by atoms with Gasteiger partial charge in [0.25, 0.3) is 0 Å². The van der Waals surface area contributed by atoms with E-state index in [4.69, 9.17) is 14.2 Å². The van der Waals surface area contributed by atoms with Crippen LogP contribution in [0.3, 0.4) is 0 Å². The third-order valence-electron chi connectivity index (χ3n) is 14.1. The van der Waals surface area contributed by atoms with Gasteiger partial charge in [0.2, 0.25) is 0 Å². The Morgan fingerprint density at radius 1 is 0.370 bits per heavy atom. The highest BCUT2D eigenvalue weighted by Crippen LogP contribution is 2.43. The van der Waals surface area contributed by atoms with Crippen molar-refractivity contribution in [1.82, 2.24) is 13.7 Å². The standard InChI is InChI=1S/C63H93N3O15/c1-58(2,3)43-25-37(26-44(52(43)73)59(4,5)6)19-22-49(70)79-34-40(67)31-64-55(76)65(32-41(68)35-80-50(71)23-20-38-27-45(60(7,8)9)53(74)46(28-38)61(10,11)12)57(78)66(56(64)77)33-42(69)36-81-51(72)24-21-39-29-47(62(13,14)15)54(75)48(30-39)63(16,17)18/h25-30,40-42,67-69,73-75H,19-24,31-36H2,1-18H3. The molecule has 1 aromatic heterocycles. The van der Waals surface area contributed by atoms with Gasteiger partial charge in [0.05, 0.1) is 19.6 Å². The summed E-state index contributed by atoms with van der Waals surface area (Å²) in [6.07, 6.45) is -4.69. The zero-order valence-corrected chi connectivity index (χ0v) is 51.4. The van der Waals surface area contributed by atoms with Gasteiger partial charge in [-0.2, -0.15) is 0 Å². The normalized spacial score (nSPS) is 13.9. The monoisotopic (exact) mass is 1130 g/mol. The van der Waals surface area contributed by atoms with Gasteiger partial charge in [-0.05, 0) is 102 Å². The van der Waals surface area contributed by atoms with E-state index in [1.807, 2.05) is 161 Å². The fourth-order valence-electron chi connectivity index (χ4n) is 9.41. The Hall–Kier alpha value is -6.24. The second-order valence-electron chi connectivity index (χ2n) is 27.8. The molecular formula is C63H93N3O15. The third-order valence-corrected chi connectivity index (χ3v) is 14.1.